The zero-order chi connectivity index (χ0) is 15.9. The van der Waals surface area contributed by atoms with Gasteiger partial charge >= 0.3 is 0 Å². The van der Waals surface area contributed by atoms with E-state index in [2.05, 4.69) is 46.6 Å². The average molecular weight is 298 g/mol. The first-order valence-corrected chi connectivity index (χ1v) is 7.57. The molecule has 0 aliphatic rings. The van der Waals surface area contributed by atoms with E-state index in [1.807, 2.05) is 19.1 Å². The predicted octanol–water partition coefficient (Wildman–Crippen LogP) is 3.48. The first kappa shape index (κ1) is 15.9. The Morgan fingerprint density at radius 1 is 1.14 bits per heavy atom. The van der Waals surface area contributed by atoms with E-state index >= 15 is 0 Å². The lowest BCUT2D eigenvalue weighted by Gasteiger charge is -2.08. The van der Waals surface area contributed by atoms with Crippen LogP contribution in [0.5, 0.6) is 0 Å². The van der Waals surface area contributed by atoms with Crippen LogP contribution in [0, 0.1) is 0 Å². The van der Waals surface area contributed by atoms with E-state index in [0.717, 1.165) is 12.1 Å². The average Bonchev–Trinajstić information content (AvgIpc) is 2.54. The summed E-state index contributed by atoms with van der Waals surface area (Å²) < 4.78 is 0. The van der Waals surface area contributed by atoms with Gasteiger partial charge in [-0.1, -0.05) is 32.9 Å². The smallest absolute Gasteiger partial charge is 0.254 e. The van der Waals surface area contributed by atoms with Gasteiger partial charge < -0.3 is 10.6 Å². The summed E-state index contributed by atoms with van der Waals surface area (Å²) in [6.45, 7) is 6.98. The molecule has 0 unspecified atom stereocenters. The number of nitrogens with zero attached hydrogens (tertiary/aromatic N) is 2. The van der Waals surface area contributed by atoms with Crippen LogP contribution in [0.15, 0.2) is 36.7 Å². The highest BCUT2D eigenvalue weighted by Gasteiger charge is 2.06. The lowest BCUT2D eigenvalue weighted by atomic mass is 10.0. The Kier molecular flexibility index (Phi) is 5.47. The van der Waals surface area contributed by atoms with Crippen LogP contribution >= 0.6 is 0 Å². The van der Waals surface area contributed by atoms with Crippen LogP contribution in [0.2, 0.25) is 0 Å². The maximum absolute atomic E-state index is 11.8. The molecular formula is C17H22N4O. The zero-order valence-corrected chi connectivity index (χ0v) is 13.3. The number of rotatable bonds is 6. The molecule has 1 heterocycles. The van der Waals surface area contributed by atoms with Crippen molar-refractivity contribution in [3.63, 3.8) is 0 Å². The monoisotopic (exact) mass is 298 g/mol. The van der Waals surface area contributed by atoms with Crippen LogP contribution < -0.4 is 10.6 Å². The fraction of sp³-hybridized carbons (Fsp3) is 0.353. The van der Waals surface area contributed by atoms with Crippen LogP contribution in [0.1, 0.15) is 49.0 Å². The van der Waals surface area contributed by atoms with Crippen LogP contribution in [-0.4, -0.2) is 22.4 Å². The van der Waals surface area contributed by atoms with Crippen molar-refractivity contribution >= 4 is 17.5 Å². The van der Waals surface area contributed by atoms with Gasteiger partial charge in [-0.15, -0.1) is 0 Å². The molecule has 0 radical (unpaired) electrons. The van der Waals surface area contributed by atoms with Gasteiger partial charge in [-0.25, -0.2) is 9.97 Å². The van der Waals surface area contributed by atoms with E-state index < -0.39 is 0 Å². The first-order chi connectivity index (χ1) is 10.6. The number of amides is 1. The standard InChI is InChI=1S/C17H22N4O/c1-4-9-18-16(22)14-10-19-17(20-11-14)21-15-7-5-13(6-8-15)12(2)3/h5-8,10-12H,4,9H2,1-3H3,(H,18,22)(H,19,20,21). The minimum Gasteiger partial charge on any atom is -0.352 e. The van der Waals surface area contributed by atoms with Crippen molar-refractivity contribution in [3.05, 3.63) is 47.8 Å². The van der Waals surface area contributed by atoms with E-state index in [1.165, 1.54) is 18.0 Å². The summed E-state index contributed by atoms with van der Waals surface area (Å²) in [6, 6.07) is 8.17. The molecule has 0 saturated heterocycles. The zero-order valence-electron chi connectivity index (χ0n) is 13.3. The molecule has 5 nitrogen and oxygen atoms in total. The van der Waals surface area contributed by atoms with Gasteiger partial charge in [0.1, 0.15) is 0 Å². The highest BCUT2D eigenvalue weighted by molar-refractivity contribution is 5.93. The third-order valence-electron chi connectivity index (χ3n) is 3.28. The Morgan fingerprint density at radius 3 is 2.32 bits per heavy atom. The molecule has 0 saturated carbocycles. The molecule has 0 aliphatic heterocycles. The molecule has 0 atom stereocenters. The molecule has 0 aliphatic carbocycles. The first-order valence-electron chi connectivity index (χ1n) is 7.57. The van der Waals surface area contributed by atoms with E-state index in [0.29, 0.717) is 24.0 Å². The third-order valence-corrected chi connectivity index (χ3v) is 3.28. The SMILES string of the molecule is CCCNC(=O)c1cnc(Nc2ccc(C(C)C)cc2)nc1. The summed E-state index contributed by atoms with van der Waals surface area (Å²) in [5.41, 5.74) is 2.68. The van der Waals surface area contributed by atoms with Crippen molar-refractivity contribution in [1.82, 2.24) is 15.3 Å². The van der Waals surface area contributed by atoms with Crippen LogP contribution in [-0.2, 0) is 0 Å². The van der Waals surface area contributed by atoms with Crippen LogP contribution in [0.4, 0.5) is 11.6 Å². The molecule has 22 heavy (non-hydrogen) atoms. The number of carbonyl (C=O) groups excluding carboxylic acids is 1. The maximum atomic E-state index is 11.8. The lowest BCUT2D eigenvalue weighted by molar-refractivity contribution is 0.0953. The number of carbonyl (C=O) groups is 1. The molecule has 0 bridgehead atoms. The number of hydrogen-bond donors (Lipinski definition) is 2. The van der Waals surface area contributed by atoms with Gasteiger partial charge in [-0.2, -0.15) is 0 Å². The quantitative estimate of drug-likeness (QED) is 0.856. The summed E-state index contributed by atoms with van der Waals surface area (Å²) in [6.07, 6.45) is 3.96. The second-order valence-electron chi connectivity index (χ2n) is 5.45. The molecule has 116 valence electrons. The second-order valence-corrected chi connectivity index (χ2v) is 5.45. The molecule has 0 spiro atoms. The lowest BCUT2D eigenvalue weighted by Crippen LogP contribution is -2.24. The highest BCUT2D eigenvalue weighted by atomic mass is 16.1. The Balaban J connectivity index is 2.00. The molecule has 0 fully saturated rings. The molecule has 2 rings (SSSR count). The van der Waals surface area contributed by atoms with Gasteiger partial charge in [-0.3, -0.25) is 4.79 Å². The fourth-order valence-electron chi connectivity index (χ4n) is 1.93. The van der Waals surface area contributed by atoms with E-state index in [1.54, 1.807) is 0 Å². The Morgan fingerprint density at radius 2 is 1.77 bits per heavy atom. The van der Waals surface area contributed by atoms with Gasteiger partial charge in [0.05, 0.1) is 5.56 Å². The topological polar surface area (TPSA) is 66.9 Å². The molecule has 2 aromatic rings. The van der Waals surface area contributed by atoms with Gasteiger partial charge in [0.15, 0.2) is 0 Å². The summed E-state index contributed by atoms with van der Waals surface area (Å²) in [5, 5.41) is 5.92. The number of anilines is 2. The van der Waals surface area contributed by atoms with Crippen molar-refractivity contribution in [2.45, 2.75) is 33.1 Å². The van der Waals surface area contributed by atoms with E-state index in [-0.39, 0.29) is 5.91 Å². The third kappa shape index (κ3) is 4.28. The fourth-order valence-corrected chi connectivity index (χ4v) is 1.93. The van der Waals surface area contributed by atoms with E-state index in [4.69, 9.17) is 0 Å². The van der Waals surface area contributed by atoms with E-state index in [9.17, 15) is 4.79 Å². The summed E-state index contributed by atoms with van der Waals surface area (Å²) >= 11 is 0. The predicted molar refractivity (Wildman–Crippen MR) is 88.5 cm³/mol. The second kappa shape index (κ2) is 7.54. The van der Waals surface area contributed by atoms with Crippen LogP contribution in [0.25, 0.3) is 0 Å². The Hall–Kier alpha value is -2.43. The molecule has 1 amide bonds. The minimum atomic E-state index is -0.144. The molecule has 5 heteroatoms. The highest BCUT2D eigenvalue weighted by Crippen LogP contribution is 2.18. The largest absolute Gasteiger partial charge is 0.352 e. The molecular weight excluding hydrogens is 276 g/mol. The normalized spacial score (nSPS) is 10.5. The summed E-state index contributed by atoms with van der Waals surface area (Å²) in [4.78, 5) is 20.1. The maximum Gasteiger partial charge on any atom is 0.254 e. The number of nitrogens with one attached hydrogen (secondary N) is 2. The molecule has 1 aromatic carbocycles. The summed E-state index contributed by atoms with van der Waals surface area (Å²) in [5.74, 6) is 0.838. The number of hydrogen-bond acceptors (Lipinski definition) is 4. The van der Waals surface area contributed by atoms with Crippen molar-refractivity contribution in [2.75, 3.05) is 11.9 Å². The Labute approximate surface area is 131 Å². The van der Waals surface area contributed by atoms with Gasteiger partial charge in [0, 0.05) is 24.6 Å². The van der Waals surface area contributed by atoms with Crippen LogP contribution in [0.3, 0.4) is 0 Å². The van der Waals surface area contributed by atoms with Gasteiger partial charge in [0.2, 0.25) is 5.95 Å². The van der Waals surface area contributed by atoms with Gasteiger partial charge in [-0.05, 0) is 30.0 Å². The summed E-state index contributed by atoms with van der Waals surface area (Å²) in [7, 11) is 0. The van der Waals surface area contributed by atoms with Crippen molar-refractivity contribution in [2.24, 2.45) is 0 Å². The minimum absolute atomic E-state index is 0.144. The van der Waals surface area contributed by atoms with Crippen molar-refractivity contribution in [1.29, 1.82) is 0 Å². The van der Waals surface area contributed by atoms with Crippen molar-refractivity contribution < 1.29 is 4.79 Å². The number of aromatic nitrogens is 2. The number of benzene rings is 1. The van der Waals surface area contributed by atoms with Gasteiger partial charge in [0.25, 0.3) is 5.91 Å². The van der Waals surface area contributed by atoms with Crippen molar-refractivity contribution in [3.8, 4) is 0 Å². The Bertz CT molecular complexity index is 606. The molecule has 1 aromatic heterocycles. The molecule has 2 N–H and O–H groups in total.